The molecular formula is C15H23BrFNO. The molecule has 0 saturated carbocycles. The van der Waals surface area contributed by atoms with Crippen LogP contribution in [0.5, 0.6) is 0 Å². The molecule has 4 heteroatoms. The van der Waals surface area contributed by atoms with Crippen LogP contribution in [-0.4, -0.2) is 19.8 Å². The molecule has 0 spiro atoms. The summed E-state index contributed by atoms with van der Waals surface area (Å²) >= 11 is 3.40. The van der Waals surface area contributed by atoms with Gasteiger partial charge >= 0.3 is 0 Å². The largest absolute Gasteiger partial charge is 0.379 e. The van der Waals surface area contributed by atoms with Gasteiger partial charge in [0.2, 0.25) is 0 Å². The SMILES string of the molecule is CCNC(c1cc(Br)ccc1F)C(OC)C(C)(C)C. The Hall–Kier alpha value is -0.450. The summed E-state index contributed by atoms with van der Waals surface area (Å²) in [4.78, 5) is 0. The number of halogens is 2. The van der Waals surface area contributed by atoms with Gasteiger partial charge < -0.3 is 10.1 Å². The summed E-state index contributed by atoms with van der Waals surface area (Å²) in [6, 6.07) is 4.84. The van der Waals surface area contributed by atoms with E-state index in [1.54, 1.807) is 13.2 Å². The van der Waals surface area contributed by atoms with Gasteiger partial charge in [-0.15, -0.1) is 0 Å². The maximum absolute atomic E-state index is 14.1. The second-order valence-electron chi connectivity index (χ2n) is 5.72. The van der Waals surface area contributed by atoms with Crippen molar-refractivity contribution in [3.05, 3.63) is 34.1 Å². The molecular weight excluding hydrogens is 309 g/mol. The van der Waals surface area contributed by atoms with Crippen LogP contribution in [0.3, 0.4) is 0 Å². The molecule has 0 radical (unpaired) electrons. The zero-order valence-electron chi connectivity index (χ0n) is 12.3. The molecule has 0 aliphatic rings. The summed E-state index contributed by atoms with van der Waals surface area (Å²) in [5, 5.41) is 3.34. The predicted octanol–water partition coefficient (Wildman–Crippen LogP) is 4.30. The van der Waals surface area contributed by atoms with E-state index in [0.29, 0.717) is 5.56 Å². The smallest absolute Gasteiger partial charge is 0.128 e. The lowest BCUT2D eigenvalue weighted by molar-refractivity contribution is -0.0124. The van der Waals surface area contributed by atoms with Crippen LogP contribution in [0.25, 0.3) is 0 Å². The van der Waals surface area contributed by atoms with Gasteiger partial charge in [0.1, 0.15) is 5.82 Å². The van der Waals surface area contributed by atoms with Gasteiger partial charge in [-0.05, 0) is 30.2 Å². The lowest BCUT2D eigenvalue weighted by atomic mass is 9.82. The Morgan fingerprint density at radius 3 is 2.47 bits per heavy atom. The first-order valence-corrected chi connectivity index (χ1v) is 7.31. The Balaban J connectivity index is 3.22. The second kappa shape index (κ2) is 6.82. The minimum Gasteiger partial charge on any atom is -0.379 e. The summed E-state index contributed by atoms with van der Waals surface area (Å²) in [6.45, 7) is 9.06. The highest BCUT2D eigenvalue weighted by Gasteiger charge is 2.34. The molecule has 1 N–H and O–H groups in total. The molecule has 2 nitrogen and oxygen atoms in total. The lowest BCUT2D eigenvalue weighted by Crippen LogP contribution is -2.41. The maximum atomic E-state index is 14.1. The monoisotopic (exact) mass is 331 g/mol. The van der Waals surface area contributed by atoms with Crippen LogP contribution < -0.4 is 5.32 Å². The Kier molecular flexibility index (Phi) is 5.96. The Morgan fingerprint density at radius 1 is 1.37 bits per heavy atom. The number of benzene rings is 1. The summed E-state index contributed by atoms with van der Waals surface area (Å²) in [7, 11) is 1.68. The van der Waals surface area contributed by atoms with Crippen LogP contribution in [0.1, 0.15) is 39.3 Å². The van der Waals surface area contributed by atoms with Gasteiger partial charge in [0.15, 0.2) is 0 Å². The van der Waals surface area contributed by atoms with Gasteiger partial charge in [0.25, 0.3) is 0 Å². The molecule has 1 aromatic carbocycles. The third-order valence-electron chi connectivity index (χ3n) is 3.13. The van der Waals surface area contributed by atoms with E-state index < -0.39 is 0 Å². The van der Waals surface area contributed by atoms with E-state index in [2.05, 4.69) is 42.0 Å². The zero-order chi connectivity index (χ0) is 14.6. The third kappa shape index (κ3) is 4.26. The van der Waals surface area contributed by atoms with Gasteiger partial charge in [-0.1, -0.05) is 43.6 Å². The number of hydrogen-bond acceptors (Lipinski definition) is 2. The van der Waals surface area contributed by atoms with E-state index in [4.69, 9.17) is 4.74 Å². The van der Waals surface area contributed by atoms with Gasteiger partial charge in [-0.2, -0.15) is 0 Å². The number of rotatable bonds is 5. The average Bonchev–Trinajstić information content (AvgIpc) is 2.30. The van der Waals surface area contributed by atoms with Crippen molar-refractivity contribution in [1.29, 1.82) is 0 Å². The molecule has 0 amide bonds. The number of hydrogen-bond donors (Lipinski definition) is 1. The third-order valence-corrected chi connectivity index (χ3v) is 3.62. The molecule has 1 rings (SSSR count). The van der Waals surface area contributed by atoms with Crippen LogP contribution >= 0.6 is 15.9 Å². The van der Waals surface area contributed by atoms with E-state index in [1.807, 2.05) is 13.0 Å². The highest BCUT2D eigenvalue weighted by Crippen LogP contribution is 2.34. The number of likely N-dealkylation sites (N-methyl/N-ethyl adjacent to an activating group) is 1. The second-order valence-corrected chi connectivity index (χ2v) is 6.64. The van der Waals surface area contributed by atoms with E-state index in [1.165, 1.54) is 6.07 Å². The number of methoxy groups -OCH3 is 1. The molecule has 1 aromatic rings. The highest BCUT2D eigenvalue weighted by atomic mass is 79.9. The molecule has 0 fully saturated rings. The summed E-state index contributed by atoms with van der Waals surface area (Å²) < 4.78 is 20.6. The fraction of sp³-hybridized carbons (Fsp3) is 0.600. The van der Waals surface area contributed by atoms with Gasteiger partial charge in [-0.3, -0.25) is 0 Å². The lowest BCUT2D eigenvalue weighted by Gasteiger charge is -2.36. The van der Waals surface area contributed by atoms with E-state index >= 15 is 0 Å². The predicted molar refractivity (Wildman–Crippen MR) is 80.8 cm³/mol. The standard InChI is InChI=1S/C15H23BrFNO/c1-6-18-13(14(19-5)15(2,3)4)11-9-10(16)7-8-12(11)17/h7-9,13-14,18H,6H2,1-5H3. The molecule has 108 valence electrons. The quantitative estimate of drug-likeness (QED) is 0.868. The normalized spacial score (nSPS) is 15.3. The minimum absolute atomic E-state index is 0.0870. The van der Waals surface area contributed by atoms with Crippen LogP contribution in [0.4, 0.5) is 4.39 Å². The molecule has 0 aromatic heterocycles. The van der Waals surface area contributed by atoms with Crippen molar-refractivity contribution >= 4 is 15.9 Å². The summed E-state index contributed by atoms with van der Waals surface area (Å²) in [6.07, 6.45) is -0.115. The van der Waals surface area contributed by atoms with Gasteiger partial charge in [0.05, 0.1) is 12.1 Å². The van der Waals surface area contributed by atoms with Crippen molar-refractivity contribution in [3.8, 4) is 0 Å². The van der Waals surface area contributed by atoms with Crippen molar-refractivity contribution in [2.24, 2.45) is 5.41 Å². The minimum atomic E-state index is -0.208. The van der Waals surface area contributed by atoms with Crippen molar-refractivity contribution in [2.75, 3.05) is 13.7 Å². The Morgan fingerprint density at radius 2 is 2.00 bits per heavy atom. The number of ether oxygens (including phenoxy) is 1. The first kappa shape index (κ1) is 16.6. The Labute approximate surface area is 123 Å². The Bertz CT molecular complexity index is 417. The summed E-state index contributed by atoms with van der Waals surface area (Å²) in [5.74, 6) is -0.208. The molecule has 19 heavy (non-hydrogen) atoms. The molecule has 0 aliphatic carbocycles. The van der Waals surface area contributed by atoms with Crippen molar-refractivity contribution in [3.63, 3.8) is 0 Å². The van der Waals surface area contributed by atoms with Crippen LogP contribution in [0.2, 0.25) is 0 Å². The molecule has 0 aliphatic heterocycles. The highest BCUT2D eigenvalue weighted by molar-refractivity contribution is 9.10. The van der Waals surface area contributed by atoms with Gasteiger partial charge in [0, 0.05) is 17.1 Å². The first-order valence-electron chi connectivity index (χ1n) is 6.52. The van der Waals surface area contributed by atoms with Crippen molar-refractivity contribution < 1.29 is 9.13 Å². The van der Waals surface area contributed by atoms with Crippen molar-refractivity contribution in [1.82, 2.24) is 5.32 Å². The average molecular weight is 332 g/mol. The van der Waals surface area contributed by atoms with Crippen molar-refractivity contribution in [2.45, 2.75) is 39.8 Å². The van der Waals surface area contributed by atoms with E-state index in [0.717, 1.165) is 11.0 Å². The molecule has 0 saturated heterocycles. The topological polar surface area (TPSA) is 21.3 Å². The molecule has 2 unspecified atom stereocenters. The van der Waals surface area contributed by atoms with E-state index in [-0.39, 0.29) is 23.4 Å². The molecule has 2 atom stereocenters. The van der Waals surface area contributed by atoms with Gasteiger partial charge in [-0.25, -0.2) is 4.39 Å². The number of nitrogens with one attached hydrogen (secondary N) is 1. The van der Waals surface area contributed by atoms with E-state index in [9.17, 15) is 4.39 Å². The molecule has 0 heterocycles. The fourth-order valence-electron chi connectivity index (χ4n) is 2.34. The van der Waals surface area contributed by atoms with Crippen LogP contribution in [0, 0.1) is 11.2 Å². The zero-order valence-corrected chi connectivity index (χ0v) is 13.8. The van der Waals surface area contributed by atoms with Crippen LogP contribution in [0.15, 0.2) is 22.7 Å². The maximum Gasteiger partial charge on any atom is 0.128 e. The summed E-state index contributed by atoms with van der Waals surface area (Å²) in [5.41, 5.74) is 0.550. The molecule has 0 bridgehead atoms. The fourth-order valence-corrected chi connectivity index (χ4v) is 2.72. The van der Waals surface area contributed by atoms with Crippen LogP contribution in [-0.2, 0) is 4.74 Å². The first-order chi connectivity index (χ1) is 8.81.